The van der Waals surface area contributed by atoms with Gasteiger partial charge in [-0.2, -0.15) is 4.39 Å². The fourth-order valence-corrected chi connectivity index (χ4v) is 1.10. The van der Waals surface area contributed by atoms with E-state index in [1.807, 2.05) is 0 Å². The molecule has 14 heavy (non-hydrogen) atoms. The average Bonchev–Trinajstić information content (AvgIpc) is 2.17. The summed E-state index contributed by atoms with van der Waals surface area (Å²) in [5.74, 6) is -0.705. The molecule has 0 radical (unpaired) electrons. The zero-order valence-electron chi connectivity index (χ0n) is 7.17. The van der Waals surface area contributed by atoms with Crippen molar-refractivity contribution in [1.82, 2.24) is 0 Å². The Morgan fingerprint density at radius 2 is 2.29 bits per heavy atom. The summed E-state index contributed by atoms with van der Waals surface area (Å²) in [5, 5.41) is 10.4. The van der Waals surface area contributed by atoms with Gasteiger partial charge in [-0.05, 0) is 17.2 Å². The summed E-state index contributed by atoms with van der Waals surface area (Å²) in [6.45, 7) is 3.60. The molecule has 1 aromatic rings. The van der Waals surface area contributed by atoms with Crippen LogP contribution in [0.5, 0.6) is 0 Å². The van der Waals surface area contributed by atoms with Crippen LogP contribution in [0, 0.1) is 15.9 Å². The van der Waals surface area contributed by atoms with Crippen LogP contribution >= 0.6 is 11.6 Å². The first-order chi connectivity index (χ1) is 6.56. The lowest BCUT2D eigenvalue weighted by Gasteiger charge is -2.01. The normalized spacial score (nSPS) is 9.86. The van der Waals surface area contributed by atoms with Gasteiger partial charge in [0.1, 0.15) is 0 Å². The third-order valence-electron chi connectivity index (χ3n) is 1.71. The molecule has 0 spiro atoms. The molecule has 0 N–H and O–H groups in total. The third-order valence-corrected chi connectivity index (χ3v) is 2.03. The molecule has 0 aliphatic heterocycles. The molecule has 1 aromatic carbocycles. The number of allylic oxidation sites excluding steroid dienone is 1. The molecule has 0 atom stereocenters. The monoisotopic (exact) mass is 215 g/mol. The second-order valence-corrected chi connectivity index (χ2v) is 2.93. The zero-order chi connectivity index (χ0) is 10.7. The van der Waals surface area contributed by atoms with E-state index in [1.165, 1.54) is 6.07 Å². The number of nitrogens with zero attached hydrogens (tertiary/aromatic N) is 1. The quantitative estimate of drug-likeness (QED) is 0.442. The van der Waals surface area contributed by atoms with E-state index in [1.54, 1.807) is 0 Å². The SMILES string of the molecule is C=C(CCl)c1ccc(F)c([N+](=O)[O-])c1. The van der Waals surface area contributed by atoms with E-state index < -0.39 is 16.4 Å². The molecule has 0 saturated heterocycles. The molecule has 5 heteroatoms. The molecule has 1 rings (SSSR count). The van der Waals surface area contributed by atoms with Gasteiger partial charge in [0.2, 0.25) is 5.82 Å². The minimum absolute atomic E-state index is 0.156. The van der Waals surface area contributed by atoms with Crippen molar-refractivity contribution < 1.29 is 9.31 Å². The largest absolute Gasteiger partial charge is 0.305 e. The first kappa shape index (κ1) is 10.7. The molecular weight excluding hydrogens is 209 g/mol. The molecule has 0 unspecified atom stereocenters. The van der Waals surface area contributed by atoms with Gasteiger partial charge in [-0.3, -0.25) is 10.1 Å². The number of nitro groups is 1. The number of hydrogen-bond donors (Lipinski definition) is 0. The van der Waals surface area contributed by atoms with Gasteiger partial charge in [0.15, 0.2) is 0 Å². The van der Waals surface area contributed by atoms with Gasteiger partial charge in [-0.15, -0.1) is 11.6 Å². The maximum atomic E-state index is 12.9. The molecule has 0 bridgehead atoms. The highest BCUT2D eigenvalue weighted by Gasteiger charge is 2.14. The summed E-state index contributed by atoms with van der Waals surface area (Å²) >= 11 is 5.50. The molecule has 74 valence electrons. The summed E-state index contributed by atoms with van der Waals surface area (Å²) in [6, 6.07) is 3.57. The lowest BCUT2D eigenvalue weighted by Crippen LogP contribution is -1.94. The van der Waals surface area contributed by atoms with Crippen LogP contribution in [0.3, 0.4) is 0 Å². The van der Waals surface area contributed by atoms with Crippen LogP contribution < -0.4 is 0 Å². The van der Waals surface area contributed by atoms with Crippen molar-refractivity contribution in [2.75, 3.05) is 5.88 Å². The van der Waals surface area contributed by atoms with Crippen LogP contribution in [0.15, 0.2) is 24.8 Å². The first-order valence-corrected chi connectivity index (χ1v) is 4.27. The molecule has 0 aromatic heterocycles. The van der Waals surface area contributed by atoms with E-state index in [4.69, 9.17) is 11.6 Å². The van der Waals surface area contributed by atoms with Gasteiger partial charge < -0.3 is 0 Å². The highest BCUT2D eigenvalue weighted by atomic mass is 35.5. The summed E-state index contributed by atoms with van der Waals surface area (Å²) in [5.41, 5.74) is 0.441. The van der Waals surface area contributed by atoms with Gasteiger partial charge in [0.25, 0.3) is 0 Å². The predicted octanol–water partition coefficient (Wildman–Crippen LogP) is 2.99. The number of alkyl halides is 1. The minimum Gasteiger partial charge on any atom is -0.258 e. The minimum atomic E-state index is -0.860. The number of nitro benzene ring substituents is 1. The fourth-order valence-electron chi connectivity index (χ4n) is 0.950. The van der Waals surface area contributed by atoms with Crippen molar-refractivity contribution in [3.05, 3.63) is 46.3 Å². The highest BCUT2D eigenvalue weighted by Crippen LogP contribution is 2.22. The van der Waals surface area contributed by atoms with Crippen LogP contribution in [-0.2, 0) is 0 Å². The standard InChI is InChI=1S/C9H7ClFNO2/c1-6(5-10)7-2-3-8(11)9(4-7)12(13)14/h2-4H,1,5H2. The predicted molar refractivity (Wildman–Crippen MR) is 52.8 cm³/mol. The van der Waals surface area contributed by atoms with Crippen molar-refractivity contribution in [2.24, 2.45) is 0 Å². The van der Waals surface area contributed by atoms with Crippen molar-refractivity contribution in [3.8, 4) is 0 Å². The third kappa shape index (κ3) is 2.09. The van der Waals surface area contributed by atoms with Crippen LogP contribution in [0.4, 0.5) is 10.1 Å². The van der Waals surface area contributed by atoms with Gasteiger partial charge >= 0.3 is 5.69 Å². The van der Waals surface area contributed by atoms with E-state index in [0.29, 0.717) is 11.1 Å². The number of hydrogen-bond acceptors (Lipinski definition) is 2. The number of rotatable bonds is 3. The topological polar surface area (TPSA) is 43.1 Å². The second-order valence-electron chi connectivity index (χ2n) is 2.66. The Hall–Kier alpha value is -1.42. The van der Waals surface area contributed by atoms with E-state index in [9.17, 15) is 14.5 Å². The maximum absolute atomic E-state index is 12.9. The Labute approximate surface area is 85.0 Å². The Morgan fingerprint density at radius 3 is 2.79 bits per heavy atom. The van der Waals surface area contributed by atoms with Crippen molar-refractivity contribution in [2.45, 2.75) is 0 Å². The molecule has 0 saturated carbocycles. The van der Waals surface area contributed by atoms with E-state index in [2.05, 4.69) is 6.58 Å². The van der Waals surface area contributed by atoms with E-state index in [-0.39, 0.29) is 5.88 Å². The Kier molecular flexibility index (Phi) is 3.19. The molecule has 3 nitrogen and oxygen atoms in total. The van der Waals surface area contributed by atoms with Gasteiger partial charge in [0, 0.05) is 11.9 Å². The first-order valence-electron chi connectivity index (χ1n) is 3.74. The van der Waals surface area contributed by atoms with Crippen LogP contribution in [0.2, 0.25) is 0 Å². The fraction of sp³-hybridized carbons (Fsp3) is 0.111. The Morgan fingerprint density at radius 1 is 1.64 bits per heavy atom. The van der Waals surface area contributed by atoms with E-state index >= 15 is 0 Å². The van der Waals surface area contributed by atoms with Gasteiger partial charge in [-0.1, -0.05) is 12.6 Å². The molecule has 0 aliphatic rings. The summed E-state index contributed by atoms with van der Waals surface area (Å²) in [4.78, 5) is 9.61. The van der Waals surface area contributed by atoms with Crippen molar-refractivity contribution >= 4 is 22.9 Å². The van der Waals surface area contributed by atoms with Crippen molar-refractivity contribution in [1.29, 1.82) is 0 Å². The smallest absolute Gasteiger partial charge is 0.258 e. The maximum Gasteiger partial charge on any atom is 0.305 e. The summed E-state index contributed by atoms with van der Waals surface area (Å²) in [6.07, 6.45) is 0. The average molecular weight is 216 g/mol. The lowest BCUT2D eigenvalue weighted by atomic mass is 10.1. The Balaban J connectivity index is 3.19. The Bertz CT molecular complexity index is 392. The molecule has 0 aliphatic carbocycles. The lowest BCUT2D eigenvalue weighted by molar-refractivity contribution is -0.387. The van der Waals surface area contributed by atoms with Crippen molar-refractivity contribution in [3.63, 3.8) is 0 Å². The van der Waals surface area contributed by atoms with Crippen LogP contribution in [-0.4, -0.2) is 10.8 Å². The van der Waals surface area contributed by atoms with Gasteiger partial charge in [-0.25, -0.2) is 0 Å². The molecular formula is C9H7ClFNO2. The molecule has 0 heterocycles. The van der Waals surface area contributed by atoms with Gasteiger partial charge in [0.05, 0.1) is 4.92 Å². The zero-order valence-corrected chi connectivity index (χ0v) is 7.92. The molecule has 0 fully saturated rings. The van der Waals surface area contributed by atoms with Crippen LogP contribution in [0.1, 0.15) is 5.56 Å². The number of halogens is 2. The second kappa shape index (κ2) is 4.19. The molecule has 0 amide bonds. The summed E-state index contributed by atoms with van der Waals surface area (Å²) < 4.78 is 12.9. The highest BCUT2D eigenvalue weighted by molar-refractivity contribution is 6.23. The number of benzene rings is 1. The van der Waals surface area contributed by atoms with Crippen LogP contribution in [0.25, 0.3) is 5.57 Å². The summed E-state index contributed by atoms with van der Waals surface area (Å²) in [7, 11) is 0. The van der Waals surface area contributed by atoms with E-state index in [0.717, 1.165) is 12.1 Å².